The lowest BCUT2D eigenvalue weighted by molar-refractivity contribution is 0.102. The van der Waals surface area contributed by atoms with Crippen molar-refractivity contribution >= 4 is 22.5 Å². The standard InChI is InChI=1S/C28H28N2O3/c1-16-7-9-20(10-8-16)27-19(4)25(22-14-17(2)13-18(3)26(22)30-27)28(31)29-23-12-11-21(32-5)15-24(23)33-6/h7-15H,1-6H3,(H,29,31). The summed E-state index contributed by atoms with van der Waals surface area (Å²) in [7, 11) is 3.16. The van der Waals surface area contributed by atoms with Crippen molar-refractivity contribution in [2.45, 2.75) is 27.7 Å². The number of anilines is 1. The van der Waals surface area contributed by atoms with Gasteiger partial charge in [0, 0.05) is 17.0 Å². The third-order valence-electron chi connectivity index (χ3n) is 5.88. The van der Waals surface area contributed by atoms with Crippen LogP contribution in [0.5, 0.6) is 11.5 Å². The Bertz CT molecular complexity index is 1360. The van der Waals surface area contributed by atoms with Crippen molar-refractivity contribution in [3.63, 3.8) is 0 Å². The largest absolute Gasteiger partial charge is 0.497 e. The van der Waals surface area contributed by atoms with Crippen LogP contribution in [0.15, 0.2) is 54.6 Å². The van der Waals surface area contributed by atoms with Crippen LogP contribution < -0.4 is 14.8 Å². The van der Waals surface area contributed by atoms with Gasteiger partial charge in [-0.1, -0.05) is 41.5 Å². The van der Waals surface area contributed by atoms with Crippen LogP contribution in [0.1, 0.15) is 32.6 Å². The van der Waals surface area contributed by atoms with Gasteiger partial charge in [-0.05, 0) is 57.0 Å². The average Bonchev–Trinajstić information content (AvgIpc) is 2.79. The summed E-state index contributed by atoms with van der Waals surface area (Å²) >= 11 is 0. The van der Waals surface area contributed by atoms with Crippen LogP contribution >= 0.6 is 0 Å². The molecule has 0 aliphatic rings. The molecule has 0 aliphatic heterocycles. The van der Waals surface area contributed by atoms with Gasteiger partial charge in [-0.15, -0.1) is 0 Å². The number of hydrogen-bond donors (Lipinski definition) is 1. The van der Waals surface area contributed by atoms with Crippen LogP contribution in [-0.4, -0.2) is 25.1 Å². The first-order valence-corrected chi connectivity index (χ1v) is 10.8. The van der Waals surface area contributed by atoms with Crippen LogP contribution in [-0.2, 0) is 0 Å². The smallest absolute Gasteiger partial charge is 0.256 e. The molecule has 0 saturated carbocycles. The lowest BCUT2D eigenvalue weighted by atomic mass is 9.94. The molecule has 1 N–H and O–H groups in total. The number of nitrogens with one attached hydrogen (secondary N) is 1. The van der Waals surface area contributed by atoms with Crippen LogP contribution in [0.4, 0.5) is 5.69 Å². The van der Waals surface area contributed by atoms with Crippen molar-refractivity contribution in [3.8, 4) is 22.8 Å². The quantitative estimate of drug-likeness (QED) is 0.390. The minimum Gasteiger partial charge on any atom is -0.497 e. The van der Waals surface area contributed by atoms with Crippen molar-refractivity contribution in [3.05, 3.63) is 82.4 Å². The van der Waals surface area contributed by atoms with Gasteiger partial charge < -0.3 is 14.8 Å². The van der Waals surface area contributed by atoms with Gasteiger partial charge in [-0.25, -0.2) is 4.98 Å². The van der Waals surface area contributed by atoms with E-state index in [2.05, 4.69) is 30.4 Å². The summed E-state index contributed by atoms with van der Waals surface area (Å²) < 4.78 is 10.8. The molecule has 168 valence electrons. The number of ether oxygens (including phenoxy) is 2. The second-order valence-corrected chi connectivity index (χ2v) is 8.32. The number of hydrogen-bond acceptors (Lipinski definition) is 4. The monoisotopic (exact) mass is 440 g/mol. The van der Waals surface area contributed by atoms with Crippen molar-refractivity contribution in [1.82, 2.24) is 4.98 Å². The third kappa shape index (κ3) is 4.27. The van der Waals surface area contributed by atoms with Crippen molar-refractivity contribution in [2.75, 3.05) is 19.5 Å². The topological polar surface area (TPSA) is 60.5 Å². The lowest BCUT2D eigenvalue weighted by Gasteiger charge is -2.18. The van der Waals surface area contributed by atoms with Gasteiger partial charge in [0.25, 0.3) is 5.91 Å². The Morgan fingerprint density at radius 2 is 1.58 bits per heavy atom. The predicted molar refractivity (Wildman–Crippen MR) is 134 cm³/mol. The van der Waals surface area contributed by atoms with E-state index in [0.29, 0.717) is 22.7 Å². The molecule has 33 heavy (non-hydrogen) atoms. The van der Waals surface area contributed by atoms with Gasteiger partial charge in [0.15, 0.2) is 0 Å². The molecule has 3 aromatic carbocycles. The molecule has 0 fully saturated rings. The zero-order valence-corrected chi connectivity index (χ0v) is 19.9. The van der Waals surface area contributed by atoms with Crippen LogP contribution in [0.3, 0.4) is 0 Å². The summed E-state index contributed by atoms with van der Waals surface area (Å²) in [4.78, 5) is 18.7. The second-order valence-electron chi connectivity index (χ2n) is 8.32. The first-order valence-electron chi connectivity index (χ1n) is 10.8. The van der Waals surface area contributed by atoms with E-state index in [4.69, 9.17) is 14.5 Å². The molecule has 1 amide bonds. The molecule has 0 unspecified atom stereocenters. The molecular weight excluding hydrogens is 412 g/mol. The SMILES string of the molecule is COc1ccc(NC(=O)c2c(C)c(-c3ccc(C)cc3)nc3c(C)cc(C)cc23)c(OC)c1. The van der Waals surface area contributed by atoms with Crippen molar-refractivity contribution in [1.29, 1.82) is 0 Å². The van der Waals surface area contributed by atoms with Gasteiger partial charge >= 0.3 is 0 Å². The maximum absolute atomic E-state index is 13.7. The predicted octanol–water partition coefficient (Wildman–Crippen LogP) is 6.40. The Balaban J connectivity index is 1.91. The summed E-state index contributed by atoms with van der Waals surface area (Å²) in [6.45, 7) is 8.08. The normalized spacial score (nSPS) is 10.8. The first kappa shape index (κ1) is 22.3. The Morgan fingerprint density at radius 1 is 0.848 bits per heavy atom. The summed E-state index contributed by atoms with van der Waals surface area (Å²) in [5.41, 5.74) is 7.94. The third-order valence-corrected chi connectivity index (χ3v) is 5.88. The van der Waals surface area contributed by atoms with E-state index in [0.717, 1.165) is 38.9 Å². The lowest BCUT2D eigenvalue weighted by Crippen LogP contribution is -2.16. The number of aryl methyl sites for hydroxylation is 3. The van der Waals surface area contributed by atoms with Crippen LogP contribution in [0.25, 0.3) is 22.2 Å². The number of pyridine rings is 1. The Morgan fingerprint density at radius 3 is 2.24 bits per heavy atom. The molecule has 0 bridgehead atoms. The van der Waals surface area contributed by atoms with E-state index in [1.165, 1.54) is 5.56 Å². The highest BCUT2D eigenvalue weighted by molar-refractivity contribution is 6.15. The number of benzene rings is 3. The fourth-order valence-electron chi connectivity index (χ4n) is 4.19. The number of carbonyl (C=O) groups is 1. The first-order chi connectivity index (χ1) is 15.8. The van der Waals surface area contributed by atoms with Gasteiger partial charge in [0.2, 0.25) is 0 Å². The maximum Gasteiger partial charge on any atom is 0.256 e. The molecule has 1 aromatic heterocycles. The highest BCUT2D eigenvalue weighted by Gasteiger charge is 2.21. The maximum atomic E-state index is 13.7. The zero-order chi connectivity index (χ0) is 23.7. The Hall–Kier alpha value is -3.86. The number of amides is 1. The highest BCUT2D eigenvalue weighted by atomic mass is 16.5. The molecule has 0 aliphatic carbocycles. The molecule has 0 spiro atoms. The van der Waals surface area contributed by atoms with E-state index < -0.39 is 0 Å². The number of methoxy groups -OCH3 is 2. The Kier molecular flexibility index (Phi) is 6.05. The van der Waals surface area contributed by atoms with Crippen molar-refractivity contribution < 1.29 is 14.3 Å². The fraction of sp³-hybridized carbons (Fsp3) is 0.214. The molecule has 4 rings (SSSR count). The summed E-state index contributed by atoms with van der Waals surface area (Å²) in [6.07, 6.45) is 0. The summed E-state index contributed by atoms with van der Waals surface area (Å²) in [5.74, 6) is 0.981. The van der Waals surface area contributed by atoms with Gasteiger partial charge in [0.05, 0.1) is 36.7 Å². The van der Waals surface area contributed by atoms with E-state index in [9.17, 15) is 4.79 Å². The molecule has 0 radical (unpaired) electrons. The minimum atomic E-state index is -0.207. The molecule has 0 saturated heterocycles. The number of aromatic nitrogens is 1. The van der Waals surface area contributed by atoms with Gasteiger partial charge in [0.1, 0.15) is 11.5 Å². The van der Waals surface area contributed by atoms with Gasteiger partial charge in [-0.3, -0.25) is 4.79 Å². The summed E-state index contributed by atoms with van der Waals surface area (Å²) in [6, 6.07) is 17.7. The number of rotatable bonds is 5. The highest BCUT2D eigenvalue weighted by Crippen LogP contribution is 2.34. The molecule has 1 heterocycles. The second kappa shape index (κ2) is 8.94. The number of fused-ring (bicyclic) bond motifs is 1. The number of nitrogens with zero attached hydrogens (tertiary/aromatic N) is 1. The molecule has 5 heteroatoms. The average molecular weight is 441 g/mol. The zero-order valence-electron chi connectivity index (χ0n) is 19.9. The van der Waals surface area contributed by atoms with Crippen LogP contribution in [0, 0.1) is 27.7 Å². The summed E-state index contributed by atoms with van der Waals surface area (Å²) in [5, 5.41) is 3.88. The van der Waals surface area contributed by atoms with Crippen LogP contribution in [0.2, 0.25) is 0 Å². The van der Waals surface area contributed by atoms with E-state index in [1.54, 1.807) is 32.4 Å². The molecule has 4 aromatic rings. The number of carbonyl (C=O) groups excluding carboxylic acids is 1. The van der Waals surface area contributed by atoms with E-state index in [1.807, 2.05) is 39.0 Å². The van der Waals surface area contributed by atoms with E-state index >= 15 is 0 Å². The molecule has 5 nitrogen and oxygen atoms in total. The van der Waals surface area contributed by atoms with E-state index in [-0.39, 0.29) is 5.91 Å². The fourth-order valence-corrected chi connectivity index (χ4v) is 4.19. The minimum absolute atomic E-state index is 0.207. The molecule has 0 atom stereocenters. The Labute approximate surface area is 194 Å². The molecular formula is C28H28N2O3. The van der Waals surface area contributed by atoms with Gasteiger partial charge in [-0.2, -0.15) is 0 Å². The van der Waals surface area contributed by atoms with Crippen molar-refractivity contribution in [2.24, 2.45) is 0 Å².